The fourth-order valence-corrected chi connectivity index (χ4v) is 5.74. The van der Waals surface area contributed by atoms with Gasteiger partial charge in [0.2, 0.25) is 11.8 Å². The molecule has 2 amide bonds. The topological polar surface area (TPSA) is 86.8 Å². The Balaban J connectivity index is 2.03. The minimum atomic E-state index is -4.11. The standard InChI is InChI=1S/C30H36BrN3O4S/c1-21-10-14-24(15-11-21)19-33(23(3)29(36)32-30(4,5)6)28(35)20-34(26-9-7-8-25(31)18-26)39(37,38)27-16-12-22(2)13-17-27/h7-18,23H,19-20H2,1-6H3,(H,32,36)/t23-/m0/s1. The number of halogens is 1. The lowest BCUT2D eigenvalue weighted by Gasteiger charge is -2.33. The number of hydrogen-bond donors (Lipinski definition) is 1. The first-order valence-electron chi connectivity index (χ1n) is 12.7. The van der Waals surface area contributed by atoms with Gasteiger partial charge in [-0.15, -0.1) is 0 Å². The van der Waals surface area contributed by atoms with Crippen molar-refractivity contribution in [2.45, 2.75) is 64.6 Å². The number of anilines is 1. The lowest BCUT2D eigenvalue weighted by molar-refractivity contribution is -0.140. The maximum Gasteiger partial charge on any atom is 0.264 e. The Labute approximate surface area is 240 Å². The number of benzene rings is 3. The molecule has 0 aliphatic rings. The van der Waals surface area contributed by atoms with Crippen LogP contribution in [0.3, 0.4) is 0 Å². The molecular weight excluding hydrogens is 578 g/mol. The average molecular weight is 615 g/mol. The summed E-state index contributed by atoms with van der Waals surface area (Å²) in [5, 5.41) is 2.93. The van der Waals surface area contributed by atoms with Gasteiger partial charge in [0.25, 0.3) is 10.0 Å². The van der Waals surface area contributed by atoms with Gasteiger partial charge in [-0.05, 0) is 77.4 Å². The quantitative estimate of drug-likeness (QED) is 0.341. The van der Waals surface area contributed by atoms with Crippen molar-refractivity contribution < 1.29 is 18.0 Å². The molecular formula is C30H36BrN3O4S. The maximum absolute atomic E-state index is 14.0. The lowest BCUT2D eigenvalue weighted by atomic mass is 10.1. The number of sulfonamides is 1. The Morgan fingerprint density at radius 1 is 0.923 bits per heavy atom. The van der Waals surface area contributed by atoms with Crippen LogP contribution in [-0.4, -0.2) is 43.3 Å². The first-order valence-corrected chi connectivity index (χ1v) is 14.9. The zero-order chi connectivity index (χ0) is 29.0. The van der Waals surface area contributed by atoms with Gasteiger partial charge < -0.3 is 10.2 Å². The monoisotopic (exact) mass is 613 g/mol. The minimum absolute atomic E-state index is 0.0736. The normalized spacial score (nSPS) is 12.5. The highest BCUT2D eigenvalue weighted by Crippen LogP contribution is 2.27. The molecule has 0 aromatic heterocycles. The molecule has 3 rings (SSSR count). The zero-order valence-corrected chi connectivity index (χ0v) is 25.6. The molecule has 0 unspecified atom stereocenters. The molecule has 0 aliphatic heterocycles. The van der Waals surface area contributed by atoms with Crippen molar-refractivity contribution in [2.24, 2.45) is 0 Å². The maximum atomic E-state index is 14.0. The van der Waals surface area contributed by atoms with E-state index in [1.807, 2.05) is 58.9 Å². The van der Waals surface area contributed by atoms with Crippen LogP contribution in [0.4, 0.5) is 5.69 Å². The summed E-state index contributed by atoms with van der Waals surface area (Å²) in [5.74, 6) is -0.818. The highest BCUT2D eigenvalue weighted by Gasteiger charge is 2.33. The predicted octanol–water partition coefficient (Wildman–Crippen LogP) is 5.59. The first kappa shape index (κ1) is 30.4. The van der Waals surface area contributed by atoms with Crippen LogP contribution < -0.4 is 9.62 Å². The molecule has 0 aliphatic carbocycles. The van der Waals surface area contributed by atoms with Crippen molar-refractivity contribution in [1.82, 2.24) is 10.2 Å². The van der Waals surface area contributed by atoms with Gasteiger partial charge in [-0.25, -0.2) is 8.42 Å². The number of rotatable bonds is 9. The molecule has 3 aromatic carbocycles. The van der Waals surface area contributed by atoms with Crippen LogP contribution in [0.5, 0.6) is 0 Å². The van der Waals surface area contributed by atoms with E-state index < -0.39 is 34.1 Å². The molecule has 0 bridgehead atoms. The van der Waals surface area contributed by atoms with E-state index in [9.17, 15) is 18.0 Å². The van der Waals surface area contributed by atoms with Crippen LogP contribution >= 0.6 is 15.9 Å². The van der Waals surface area contributed by atoms with E-state index in [1.165, 1.54) is 17.0 Å². The molecule has 1 N–H and O–H groups in total. The van der Waals surface area contributed by atoms with Gasteiger partial charge >= 0.3 is 0 Å². The third-order valence-electron chi connectivity index (χ3n) is 6.12. The average Bonchev–Trinajstić information content (AvgIpc) is 2.85. The van der Waals surface area contributed by atoms with E-state index in [4.69, 9.17) is 0 Å². The van der Waals surface area contributed by atoms with E-state index in [1.54, 1.807) is 43.3 Å². The van der Waals surface area contributed by atoms with Gasteiger partial charge in [-0.2, -0.15) is 0 Å². The Hall–Kier alpha value is -3.17. The summed E-state index contributed by atoms with van der Waals surface area (Å²) in [4.78, 5) is 28.6. The number of aryl methyl sites for hydroxylation is 2. The highest BCUT2D eigenvalue weighted by atomic mass is 79.9. The van der Waals surface area contributed by atoms with Crippen molar-refractivity contribution in [2.75, 3.05) is 10.8 Å². The van der Waals surface area contributed by atoms with Gasteiger partial charge in [0, 0.05) is 16.6 Å². The SMILES string of the molecule is Cc1ccc(CN(C(=O)CN(c2cccc(Br)c2)S(=O)(=O)c2ccc(C)cc2)[C@@H](C)C(=O)NC(C)(C)C)cc1. The van der Waals surface area contributed by atoms with Gasteiger partial charge in [0.1, 0.15) is 12.6 Å². The molecule has 0 fully saturated rings. The van der Waals surface area contributed by atoms with Crippen molar-refractivity contribution in [3.8, 4) is 0 Å². The Bertz CT molecular complexity index is 1420. The first-order chi connectivity index (χ1) is 18.2. The van der Waals surface area contributed by atoms with Crippen molar-refractivity contribution in [1.29, 1.82) is 0 Å². The second-order valence-corrected chi connectivity index (χ2v) is 13.5. The summed E-state index contributed by atoms with van der Waals surface area (Å²) in [5.41, 5.74) is 2.66. The summed E-state index contributed by atoms with van der Waals surface area (Å²) >= 11 is 3.41. The van der Waals surface area contributed by atoms with Crippen LogP contribution in [0.2, 0.25) is 0 Å². The third kappa shape index (κ3) is 8.16. The van der Waals surface area contributed by atoms with E-state index in [2.05, 4.69) is 21.2 Å². The number of carbonyl (C=O) groups is 2. The van der Waals surface area contributed by atoms with Gasteiger partial charge in [-0.3, -0.25) is 13.9 Å². The van der Waals surface area contributed by atoms with Crippen molar-refractivity contribution in [3.63, 3.8) is 0 Å². The molecule has 0 saturated carbocycles. The molecule has 1 atom stereocenters. The van der Waals surface area contributed by atoms with E-state index >= 15 is 0 Å². The largest absolute Gasteiger partial charge is 0.350 e. The van der Waals surface area contributed by atoms with Crippen LogP contribution in [-0.2, 0) is 26.2 Å². The second-order valence-electron chi connectivity index (χ2n) is 10.7. The summed E-state index contributed by atoms with van der Waals surface area (Å²) in [7, 11) is -4.11. The number of nitrogens with zero attached hydrogens (tertiary/aromatic N) is 2. The number of hydrogen-bond acceptors (Lipinski definition) is 4. The molecule has 3 aromatic rings. The summed E-state index contributed by atoms with van der Waals surface area (Å²) in [6.07, 6.45) is 0. The van der Waals surface area contributed by atoms with Crippen LogP contribution in [0.25, 0.3) is 0 Å². The van der Waals surface area contributed by atoms with Crippen LogP contribution in [0.1, 0.15) is 44.4 Å². The number of nitrogens with one attached hydrogen (secondary N) is 1. The molecule has 0 spiro atoms. The van der Waals surface area contributed by atoms with Crippen molar-refractivity contribution >= 4 is 43.5 Å². The summed E-state index contributed by atoms with van der Waals surface area (Å²) in [6, 6.07) is 20.1. The number of amides is 2. The van der Waals surface area contributed by atoms with E-state index in [-0.39, 0.29) is 17.3 Å². The minimum Gasteiger partial charge on any atom is -0.350 e. The lowest BCUT2D eigenvalue weighted by Crippen LogP contribution is -2.54. The molecule has 7 nitrogen and oxygen atoms in total. The summed E-state index contributed by atoms with van der Waals surface area (Å²) < 4.78 is 29.5. The number of carbonyl (C=O) groups excluding carboxylic acids is 2. The Kier molecular flexibility index (Phi) is 9.61. The molecule has 0 radical (unpaired) electrons. The van der Waals surface area contributed by atoms with Crippen LogP contribution in [0.15, 0.2) is 82.2 Å². The van der Waals surface area contributed by atoms with Crippen LogP contribution in [0, 0.1) is 13.8 Å². The molecule has 0 saturated heterocycles. The second kappa shape index (κ2) is 12.3. The third-order valence-corrected chi connectivity index (χ3v) is 8.40. The Morgan fingerprint density at radius 2 is 1.49 bits per heavy atom. The van der Waals surface area contributed by atoms with Gasteiger partial charge in [0.05, 0.1) is 10.6 Å². The fourth-order valence-electron chi connectivity index (χ4n) is 3.94. The highest BCUT2D eigenvalue weighted by molar-refractivity contribution is 9.10. The van der Waals surface area contributed by atoms with Crippen molar-refractivity contribution in [3.05, 3.63) is 94.0 Å². The van der Waals surface area contributed by atoms with Gasteiger partial charge in [0.15, 0.2) is 0 Å². The van der Waals surface area contributed by atoms with Gasteiger partial charge in [-0.1, -0.05) is 69.5 Å². The molecule has 9 heteroatoms. The van der Waals surface area contributed by atoms with E-state index in [0.29, 0.717) is 10.2 Å². The molecule has 208 valence electrons. The zero-order valence-electron chi connectivity index (χ0n) is 23.2. The molecule has 39 heavy (non-hydrogen) atoms. The van der Waals surface area contributed by atoms with E-state index in [0.717, 1.165) is 21.0 Å². The fraction of sp³-hybridized carbons (Fsp3) is 0.333. The Morgan fingerprint density at radius 3 is 2.03 bits per heavy atom. The molecule has 0 heterocycles. The smallest absolute Gasteiger partial charge is 0.264 e. The predicted molar refractivity (Wildman–Crippen MR) is 159 cm³/mol. The summed E-state index contributed by atoms with van der Waals surface area (Å²) in [6.45, 7) is 10.8.